The molecular weight excluding hydrogens is 346 g/mol. The van der Waals surface area contributed by atoms with Gasteiger partial charge in [-0.15, -0.1) is 0 Å². The number of primary amides is 1. The van der Waals surface area contributed by atoms with Crippen LogP contribution in [-0.2, 0) is 11.4 Å². The Bertz CT molecular complexity index is 681. The fourth-order valence-electron chi connectivity index (χ4n) is 1.83. The highest BCUT2D eigenvalue weighted by Gasteiger charge is 2.05. The normalized spacial score (nSPS) is 10.6. The second-order valence-electron chi connectivity index (χ2n) is 4.56. The summed E-state index contributed by atoms with van der Waals surface area (Å²) >= 11 is 3.40. The summed E-state index contributed by atoms with van der Waals surface area (Å²) in [6, 6.07) is 13.3. The molecule has 0 aliphatic heterocycles. The number of methoxy groups -OCH3 is 1. The van der Waals surface area contributed by atoms with Gasteiger partial charge < -0.3 is 15.2 Å². The van der Waals surface area contributed by atoms with Crippen LogP contribution in [0.2, 0.25) is 0 Å². The summed E-state index contributed by atoms with van der Waals surface area (Å²) in [5.74, 6) is 0.750. The third kappa shape index (κ3) is 4.63. The van der Waals surface area contributed by atoms with Gasteiger partial charge in [-0.2, -0.15) is 0 Å². The molecule has 0 atom stereocenters. The van der Waals surface area contributed by atoms with Crippen molar-refractivity contribution in [2.24, 2.45) is 5.73 Å². The monoisotopic (exact) mass is 361 g/mol. The molecule has 0 bridgehead atoms. The van der Waals surface area contributed by atoms with Crippen LogP contribution in [0.3, 0.4) is 0 Å². The Hall–Kier alpha value is -2.27. The molecule has 0 unspecified atom stereocenters. The number of ether oxygens (including phenoxy) is 2. The molecule has 0 saturated heterocycles. The van der Waals surface area contributed by atoms with Crippen molar-refractivity contribution in [1.82, 2.24) is 0 Å². The number of carbonyl (C=O) groups is 1. The molecule has 114 valence electrons. The van der Waals surface area contributed by atoms with Crippen LogP contribution >= 0.6 is 15.9 Å². The Kier molecular flexibility index (Phi) is 5.61. The summed E-state index contributed by atoms with van der Waals surface area (Å²) in [6.07, 6.45) is 2.93. The lowest BCUT2D eigenvalue weighted by molar-refractivity contribution is -0.113. The fourth-order valence-corrected chi connectivity index (χ4v) is 2.09. The molecule has 0 radical (unpaired) electrons. The van der Waals surface area contributed by atoms with Gasteiger partial charge in [0.05, 0.1) is 7.11 Å². The molecule has 0 spiro atoms. The molecule has 0 heterocycles. The van der Waals surface area contributed by atoms with Gasteiger partial charge in [-0.05, 0) is 41.5 Å². The predicted octanol–water partition coefficient (Wildman–Crippen LogP) is 3.54. The SMILES string of the molecule is COc1cc(/C=C/C(N)=O)ccc1OCc1ccc(Br)cc1. The topological polar surface area (TPSA) is 61.5 Å². The van der Waals surface area contributed by atoms with E-state index in [1.54, 1.807) is 25.3 Å². The molecule has 0 aliphatic rings. The van der Waals surface area contributed by atoms with Gasteiger partial charge in [-0.3, -0.25) is 4.79 Å². The van der Waals surface area contributed by atoms with Crippen LogP contribution in [0.5, 0.6) is 11.5 Å². The zero-order chi connectivity index (χ0) is 15.9. The average Bonchev–Trinajstić information content (AvgIpc) is 2.52. The van der Waals surface area contributed by atoms with Crippen LogP contribution in [0.15, 0.2) is 53.0 Å². The molecule has 4 nitrogen and oxygen atoms in total. The molecule has 0 fully saturated rings. The Morgan fingerprint density at radius 1 is 1.18 bits per heavy atom. The molecule has 22 heavy (non-hydrogen) atoms. The standard InChI is InChI=1S/C17H16BrNO3/c1-21-16-10-12(5-9-17(19)20)4-8-15(16)22-11-13-2-6-14(18)7-3-13/h2-10H,11H2,1H3,(H2,19,20)/b9-5+. The molecule has 0 aliphatic carbocycles. The highest BCUT2D eigenvalue weighted by molar-refractivity contribution is 9.10. The first-order valence-corrected chi connectivity index (χ1v) is 7.40. The highest BCUT2D eigenvalue weighted by atomic mass is 79.9. The van der Waals surface area contributed by atoms with Gasteiger partial charge in [0.15, 0.2) is 11.5 Å². The number of hydrogen-bond acceptors (Lipinski definition) is 3. The zero-order valence-electron chi connectivity index (χ0n) is 12.1. The summed E-state index contributed by atoms with van der Waals surface area (Å²) in [4.78, 5) is 10.8. The number of carbonyl (C=O) groups excluding carboxylic acids is 1. The molecule has 0 aromatic heterocycles. The Balaban J connectivity index is 2.10. The first-order valence-electron chi connectivity index (χ1n) is 6.61. The fraction of sp³-hybridized carbons (Fsp3) is 0.118. The molecule has 1 amide bonds. The van der Waals surface area contributed by atoms with Crippen molar-refractivity contribution in [2.45, 2.75) is 6.61 Å². The Morgan fingerprint density at radius 2 is 1.91 bits per heavy atom. The minimum absolute atomic E-state index is 0.445. The molecule has 2 aromatic rings. The van der Waals surface area contributed by atoms with Gasteiger partial charge >= 0.3 is 0 Å². The smallest absolute Gasteiger partial charge is 0.241 e. The quantitative estimate of drug-likeness (QED) is 0.800. The number of hydrogen-bond donors (Lipinski definition) is 1. The van der Waals surface area contributed by atoms with Crippen molar-refractivity contribution in [3.63, 3.8) is 0 Å². The predicted molar refractivity (Wildman–Crippen MR) is 89.7 cm³/mol. The summed E-state index contributed by atoms with van der Waals surface area (Å²) in [7, 11) is 1.57. The van der Waals surface area contributed by atoms with Crippen LogP contribution in [0.1, 0.15) is 11.1 Å². The van der Waals surface area contributed by atoms with Crippen molar-refractivity contribution >= 4 is 27.9 Å². The van der Waals surface area contributed by atoms with Crippen LogP contribution in [-0.4, -0.2) is 13.0 Å². The van der Waals surface area contributed by atoms with E-state index in [1.165, 1.54) is 6.08 Å². The Morgan fingerprint density at radius 3 is 2.55 bits per heavy atom. The van der Waals surface area contributed by atoms with Crippen molar-refractivity contribution in [2.75, 3.05) is 7.11 Å². The molecule has 5 heteroatoms. The van der Waals surface area contributed by atoms with E-state index < -0.39 is 5.91 Å². The zero-order valence-corrected chi connectivity index (χ0v) is 13.7. The molecular formula is C17H16BrNO3. The summed E-state index contributed by atoms with van der Waals surface area (Å²) in [6.45, 7) is 0.445. The van der Waals surface area contributed by atoms with Crippen LogP contribution in [0.25, 0.3) is 6.08 Å². The van der Waals surface area contributed by atoms with Gasteiger partial charge in [0.25, 0.3) is 0 Å². The minimum atomic E-state index is -0.491. The van der Waals surface area contributed by atoms with Crippen molar-refractivity contribution in [1.29, 1.82) is 0 Å². The summed E-state index contributed by atoms with van der Waals surface area (Å²) in [5, 5.41) is 0. The number of benzene rings is 2. The third-order valence-corrected chi connectivity index (χ3v) is 3.46. The number of halogens is 1. The van der Waals surface area contributed by atoms with Crippen LogP contribution in [0.4, 0.5) is 0 Å². The van der Waals surface area contributed by atoms with E-state index in [2.05, 4.69) is 15.9 Å². The maximum Gasteiger partial charge on any atom is 0.241 e. The summed E-state index contributed by atoms with van der Waals surface area (Å²) < 4.78 is 12.1. The largest absolute Gasteiger partial charge is 0.493 e. The van der Waals surface area contributed by atoms with Crippen LogP contribution < -0.4 is 15.2 Å². The van der Waals surface area contributed by atoms with Crippen molar-refractivity contribution < 1.29 is 14.3 Å². The first-order chi connectivity index (χ1) is 10.6. The third-order valence-electron chi connectivity index (χ3n) is 2.94. The number of amides is 1. The van der Waals surface area contributed by atoms with Crippen molar-refractivity contribution in [3.8, 4) is 11.5 Å². The second-order valence-corrected chi connectivity index (χ2v) is 5.48. The van der Waals surface area contributed by atoms with E-state index in [9.17, 15) is 4.79 Å². The van der Waals surface area contributed by atoms with Crippen molar-refractivity contribution in [3.05, 3.63) is 64.1 Å². The molecule has 2 N–H and O–H groups in total. The van der Waals surface area contributed by atoms with Gasteiger partial charge in [0.2, 0.25) is 5.91 Å². The number of nitrogens with two attached hydrogens (primary N) is 1. The van der Waals surface area contributed by atoms with Gasteiger partial charge in [-0.25, -0.2) is 0 Å². The van der Waals surface area contributed by atoms with E-state index in [1.807, 2.05) is 30.3 Å². The van der Waals surface area contributed by atoms with Gasteiger partial charge in [-0.1, -0.05) is 34.1 Å². The van der Waals surface area contributed by atoms with Gasteiger partial charge in [0, 0.05) is 10.5 Å². The lowest BCUT2D eigenvalue weighted by atomic mass is 10.2. The number of rotatable bonds is 6. The lowest BCUT2D eigenvalue weighted by Gasteiger charge is -2.11. The first kappa shape index (κ1) is 16.1. The van der Waals surface area contributed by atoms with Gasteiger partial charge in [0.1, 0.15) is 6.61 Å². The van der Waals surface area contributed by atoms with E-state index in [-0.39, 0.29) is 0 Å². The maximum atomic E-state index is 10.8. The van der Waals surface area contributed by atoms with E-state index >= 15 is 0 Å². The molecule has 2 aromatic carbocycles. The highest BCUT2D eigenvalue weighted by Crippen LogP contribution is 2.29. The van der Waals surface area contributed by atoms with E-state index in [4.69, 9.17) is 15.2 Å². The van der Waals surface area contributed by atoms with E-state index in [0.29, 0.717) is 18.1 Å². The van der Waals surface area contributed by atoms with E-state index in [0.717, 1.165) is 15.6 Å². The summed E-state index contributed by atoms with van der Waals surface area (Å²) in [5.41, 5.74) is 6.95. The molecule has 2 rings (SSSR count). The minimum Gasteiger partial charge on any atom is -0.493 e. The van der Waals surface area contributed by atoms with Crippen LogP contribution in [0, 0.1) is 0 Å². The maximum absolute atomic E-state index is 10.8. The second kappa shape index (κ2) is 7.66. The lowest BCUT2D eigenvalue weighted by Crippen LogP contribution is -2.05. The average molecular weight is 362 g/mol. The Labute approximate surface area is 137 Å². The molecule has 0 saturated carbocycles.